The summed E-state index contributed by atoms with van der Waals surface area (Å²) in [6.45, 7) is 5.40. The van der Waals surface area contributed by atoms with Crippen LogP contribution in [0.25, 0.3) is 0 Å². The summed E-state index contributed by atoms with van der Waals surface area (Å²) in [4.78, 5) is 23.3. The van der Waals surface area contributed by atoms with Crippen LogP contribution >= 0.6 is 0 Å². The molecule has 1 aromatic carbocycles. The monoisotopic (exact) mass is 291 g/mol. The number of methoxy groups -OCH3 is 1. The van der Waals surface area contributed by atoms with E-state index in [1.165, 1.54) is 0 Å². The zero-order chi connectivity index (χ0) is 15.7. The maximum atomic E-state index is 11.9. The van der Waals surface area contributed by atoms with Crippen molar-refractivity contribution in [3.8, 4) is 5.75 Å². The molecule has 0 radical (unpaired) electrons. The second kappa shape index (κ2) is 5.39. The first-order valence-electron chi connectivity index (χ1n) is 6.94. The molecule has 114 valence electrons. The van der Waals surface area contributed by atoms with Crippen molar-refractivity contribution in [1.82, 2.24) is 0 Å². The zero-order valence-electron chi connectivity index (χ0n) is 12.9. The number of nitrogens with one attached hydrogen (secondary N) is 1. The first kappa shape index (κ1) is 15.4. The molecule has 0 aromatic heterocycles. The fourth-order valence-corrected chi connectivity index (χ4v) is 2.17. The van der Waals surface area contributed by atoms with E-state index < -0.39 is 17.1 Å². The van der Waals surface area contributed by atoms with E-state index in [4.69, 9.17) is 9.47 Å². The number of amides is 1. The maximum absolute atomic E-state index is 11.9. The predicted molar refractivity (Wildman–Crippen MR) is 79.8 cm³/mol. The van der Waals surface area contributed by atoms with Crippen LogP contribution in [0.3, 0.4) is 0 Å². The summed E-state index contributed by atoms with van der Waals surface area (Å²) in [6.07, 6.45) is 1.98. The fraction of sp³-hybridized carbons (Fsp3) is 0.500. The van der Waals surface area contributed by atoms with Crippen molar-refractivity contribution in [3.63, 3.8) is 0 Å². The number of hydrogen-bond acceptors (Lipinski definition) is 4. The van der Waals surface area contributed by atoms with Crippen LogP contribution in [0.2, 0.25) is 0 Å². The Kier molecular flexibility index (Phi) is 3.94. The van der Waals surface area contributed by atoms with Gasteiger partial charge in [-0.3, -0.25) is 5.32 Å². The van der Waals surface area contributed by atoms with Crippen molar-refractivity contribution in [2.24, 2.45) is 0 Å². The standard InChI is InChI=1S/C16H21NO4/c1-15(2,3)21-14(19)17-13-6-5-11(20-4)9-12(13)16(10-18)7-8-16/h5-6,9-10H,7-8H2,1-4H3,(H,17,19). The molecule has 0 bridgehead atoms. The van der Waals surface area contributed by atoms with Gasteiger partial charge < -0.3 is 14.3 Å². The Balaban J connectivity index is 2.27. The van der Waals surface area contributed by atoms with Crippen LogP contribution in [0, 0.1) is 0 Å². The maximum Gasteiger partial charge on any atom is 0.412 e. The molecule has 0 heterocycles. The van der Waals surface area contributed by atoms with E-state index in [1.807, 2.05) is 0 Å². The number of ether oxygens (including phenoxy) is 2. The van der Waals surface area contributed by atoms with Crippen LogP contribution < -0.4 is 10.1 Å². The minimum Gasteiger partial charge on any atom is -0.497 e. The summed E-state index contributed by atoms with van der Waals surface area (Å²) in [5.74, 6) is 0.660. The molecule has 1 amide bonds. The van der Waals surface area contributed by atoms with Gasteiger partial charge in [-0.05, 0) is 57.4 Å². The minimum atomic E-state index is -0.571. The number of rotatable bonds is 4. The van der Waals surface area contributed by atoms with E-state index in [0.717, 1.165) is 24.7 Å². The number of aldehydes is 1. The number of carbonyl (C=O) groups excluding carboxylic acids is 2. The second-order valence-corrected chi connectivity index (χ2v) is 6.31. The smallest absolute Gasteiger partial charge is 0.412 e. The molecule has 1 N–H and O–H groups in total. The van der Waals surface area contributed by atoms with Gasteiger partial charge in [0, 0.05) is 5.69 Å². The lowest BCUT2D eigenvalue weighted by molar-refractivity contribution is -0.109. The number of benzene rings is 1. The van der Waals surface area contributed by atoms with Gasteiger partial charge in [0.1, 0.15) is 17.6 Å². The highest BCUT2D eigenvalue weighted by Crippen LogP contribution is 2.49. The first-order chi connectivity index (χ1) is 9.79. The molecule has 5 heteroatoms. The lowest BCUT2D eigenvalue weighted by Crippen LogP contribution is -2.28. The summed E-state index contributed by atoms with van der Waals surface area (Å²) < 4.78 is 10.5. The summed E-state index contributed by atoms with van der Waals surface area (Å²) in [5.41, 5.74) is 0.301. The van der Waals surface area contributed by atoms with Crippen LogP contribution in [0.4, 0.5) is 10.5 Å². The van der Waals surface area contributed by atoms with Crippen LogP contribution in [0.15, 0.2) is 18.2 Å². The molecular weight excluding hydrogens is 270 g/mol. The van der Waals surface area contributed by atoms with Gasteiger partial charge in [-0.25, -0.2) is 4.79 Å². The Morgan fingerprint density at radius 2 is 2.00 bits per heavy atom. The van der Waals surface area contributed by atoms with Crippen LogP contribution in [-0.4, -0.2) is 25.1 Å². The van der Waals surface area contributed by atoms with Gasteiger partial charge in [0.15, 0.2) is 0 Å². The molecule has 1 saturated carbocycles. The van der Waals surface area contributed by atoms with E-state index >= 15 is 0 Å². The number of anilines is 1. The third-order valence-corrected chi connectivity index (χ3v) is 3.41. The Morgan fingerprint density at radius 1 is 1.33 bits per heavy atom. The van der Waals surface area contributed by atoms with Crippen molar-refractivity contribution in [1.29, 1.82) is 0 Å². The van der Waals surface area contributed by atoms with Gasteiger partial charge in [-0.2, -0.15) is 0 Å². The van der Waals surface area contributed by atoms with Crippen molar-refractivity contribution < 1.29 is 19.1 Å². The van der Waals surface area contributed by atoms with Gasteiger partial charge in [-0.15, -0.1) is 0 Å². The highest BCUT2D eigenvalue weighted by molar-refractivity contribution is 5.89. The molecule has 2 rings (SSSR count). The minimum absolute atomic E-state index is 0.501. The molecule has 0 atom stereocenters. The highest BCUT2D eigenvalue weighted by Gasteiger charge is 2.46. The number of hydrogen-bond donors (Lipinski definition) is 1. The molecule has 21 heavy (non-hydrogen) atoms. The summed E-state index contributed by atoms with van der Waals surface area (Å²) in [6, 6.07) is 5.28. The molecule has 1 aliphatic rings. The molecule has 1 aliphatic carbocycles. The molecule has 0 saturated heterocycles. The average molecular weight is 291 g/mol. The van der Waals surface area contributed by atoms with Crippen LogP contribution in [0.1, 0.15) is 39.2 Å². The van der Waals surface area contributed by atoms with Crippen molar-refractivity contribution in [3.05, 3.63) is 23.8 Å². The van der Waals surface area contributed by atoms with Crippen LogP contribution in [0.5, 0.6) is 5.75 Å². The summed E-state index contributed by atoms with van der Waals surface area (Å²) in [7, 11) is 1.57. The molecule has 0 unspecified atom stereocenters. The van der Waals surface area contributed by atoms with E-state index in [2.05, 4.69) is 5.32 Å². The van der Waals surface area contributed by atoms with E-state index in [1.54, 1.807) is 46.1 Å². The van der Waals surface area contributed by atoms with E-state index in [9.17, 15) is 9.59 Å². The molecule has 0 spiro atoms. The molecule has 1 fully saturated rings. The van der Waals surface area contributed by atoms with Crippen molar-refractivity contribution >= 4 is 18.1 Å². The quantitative estimate of drug-likeness (QED) is 0.865. The average Bonchev–Trinajstić information content (AvgIpc) is 3.18. The zero-order valence-corrected chi connectivity index (χ0v) is 12.9. The Bertz CT molecular complexity index is 556. The second-order valence-electron chi connectivity index (χ2n) is 6.31. The summed E-state index contributed by atoms with van der Waals surface area (Å²) >= 11 is 0. The number of carbonyl (C=O) groups is 2. The Morgan fingerprint density at radius 3 is 2.48 bits per heavy atom. The molecule has 5 nitrogen and oxygen atoms in total. The summed E-state index contributed by atoms with van der Waals surface area (Å²) in [5, 5.41) is 2.72. The van der Waals surface area contributed by atoms with E-state index in [-0.39, 0.29) is 0 Å². The highest BCUT2D eigenvalue weighted by atomic mass is 16.6. The van der Waals surface area contributed by atoms with Crippen LogP contribution in [-0.2, 0) is 14.9 Å². The topological polar surface area (TPSA) is 64.6 Å². The first-order valence-corrected chi connectivity index (χ1v) is 6.94. The van der Waals surface area contributed by atoms with Gasteiger partial charge in [0.25, 0.3) is 0 Å². The van der Waals surface area contributed by atoms with Crippen molar-refractivity contribution in [2.75, 3.05) is 12.4 Å². The van der Waals surface area contributed by atoms with Gasteiger partial charge in [-0.1, -0.05) is 0 Å². The third-order valence-electron chi connectivity index (χ3n) is 3.41. The molecule has 1 aromatic rings. The Labute approximate surface area is 124 Å². The molecule has 0 aliphatic heterocycles. The predicted octanol–water partition coefficient (Wildman–Crippen LogP) is 3.27. The van der Waals surface area contributed by atoms with Crippen molar-refractivity contribution in [2.45, 2.75) is 44.6 Å². The largest absolute Gasteiger partial charge is 0.497 e. The lowest BCUT2D eigenvalue weighted by Gasteiger charge is -2.21. The SMILES string of the molecule is COc1ccc(NC(=O)OC(C)(C)C)c(C2(C=O)CC2)c1. The fourth-order valence-electron chi connectivity index (χ4n) is 2.17. The molecular formula is C16H21NO4. The van der Waals surface area contributed by atoms with Gasteiger partial charge in [0.2, 0.25) is 0 Å². The normalized spacial score (nSPS) is 16.0. The lowest BCUT2D eigenvalue weighted by atomic mass is 9.95. The van der Waals surface area contributed by atoms with Gasteiger partial charge >= 0.3 is 6.09 Å². The van der Waals surface area contributed by atoms with E-state index in [0.29, 0.717) is 11.4 Å². The van der Waals surface area contributed by atoms with Gasteiger partial charge in [0.05, 0.1) is 12.5 Å². The third kappa shape index (κ3) is 3.54. The Hall–Kier alpha value is -2.04.